The number of alkyl halides is 6. The van der Waals surface area contributed by atoms with Gasteiger partial charge in [0, 0.05) is 54.8 Å². The standard InChI is InChI=1S/2C21H22F3NS/c2*1-13-8-9-15-17(11-13)25-20(14-5-2-3-6-14)19(15)16(12-21(22,23)24)18-7-4-10-26-18/h2*4,7-11,14,16,25H,2-3,5-6,12H2,1H3/t2*16-/m10/s1. The van der Waals surface area contributed by atoms with Gasteiger partial charge in [0.05, 0.1) is 12.8 Å². The Morgan fingerprint density at radius 1 is 0.596 bits per heavy atom. The Kier molecular flexibility index (Phi) is 10.7. The molecule has 0 unspecified atom stereocenters. The molecule has 2 fully saturated rings. The summed E-state index contributed by atoms with van der Waals surface area (Å²) in [6, 6.07) is 19.5. The SMILES string of the molecule is Cc1ccc2c([C@@H](CC(F)(F)F)c3cccs3)c(C3CCCC3)[nH]c2c1.Cc1ccc2c([C@H](CC(F)(F)F)c3cccs3)c(C3CCCC3)[nH]c2c1. The number of benzene rings is 2. The molecule has 2 aromatic carbocycles. The van der Waals surface area contributed by atoms with E-state index in [-0.39, 0.29) is 0 Å². The zero-order chi connectivity index (χ0) is 36.6. The van der Waals surface area contributed by atoms with Gasteiger partial charge in [-0.2, -0.15) is 26.3 Å². The van der Waals surface area contributed by atoms with Crippen molar-refractivity contribution in [1.29, 1.82) is 0 Å². The fourth-order valence-corrected chi connectivity index (χ4v) is 10.3. The van der Waals surface area contributed by atoms with Gasteiger partial charge in [-0.3, -0.25) is 0 Å². The number of hydrogen-bond acceptors (Lipinski definition) is 2. The zero-order valence-corrected chi connectivity index (χ0v) is 31.0. The van der Waals surface area contributed by atoms with Gasteiger partial charge < -0.3 is 9.97 Å². The third kappa shape index (κ3) is 8.18. The lowest BCUT2D eigenvalue weighted by Gasteiger charge is -2.21. The van der Waals surface area contributed by atoms with Crippen LogP contribution in [0.1, 0.15) is 131 Å². The Labute approximate surface area is 308 Å². The summed E-state index contributed by atoms with van der Waals surface area (Å²) in [6.45, 7) is 4.03. The molecule has 276 valence electrons. The topological polar surface area (TPSA) is 31.6 Å². The Hall–Kier alpha value is -3.50. The molecule has 0 spiro atoms. The molecule has 4 heterocycles. The van der Waals surface area contributed by atoms with Crippen molar-refractivity contribution in [3.8, 4) is 0 Å². The first-order valence-electron chi connectivity index (χ1n) is 18.3. The maximum absolute atomic E-state index is 13.5. The molecule has 2 nitrogen and oxygen atoms in total. The molecule has 0 saturated heterocycles. The number of nitrogens with one attached hydrogen (secondary N) is 2. The first kappa shape index (κ1) is 36.8. The molecule has 2 N–H and O–H groups in total. The molecule has 6 aromatic rings. The van der Waals surface area contributed by atoms with E-state index in [1.165, 1.54) is 22.7 Å². The van der Waals surface area contributed by atoms with E-state index in [9.17, 15) is 26.3 Å². The summed E-state index contributed by atoms with van der Waals surface area (Å²) in [4.78, 5) is 8.61. The number of aromatic amines is 2. The molecule has 0 aliphatic heterocycles. The molecule has 2 atom stereocenters. The molecule has 8 rings (SSSR count). The Bertz CT molecular complexity index is 1920. The van der Waals surface area contributed by atoms with Gasteiger partial charge >= 0.3 is 12.4 Å². The summed E-state index contributed by atoms with van der Waals surface area (Å²) < 4.78 is 80.7. The van der Waals surface area contributed by atoms with Gasteiger partial charge in [-0.1, -0.05) is 62.1 Å². The minimum atomic E-state index is -4.20. The van der Waals surface area contributed by atoms with E-state index in [0.717, 1.165) is 117 Å². The molecule has 52 heavy (non-hydrogen) atoms. The Morgan fingerprint density at radius 3 is 1.31 bits per heavy atom. The molecule has 0 radical (unpaired) electrons. The normalized spacial score (nSPS) is 17.2. The number of aromatic nitrogens is 2. The minimum Gasteiger partial charge on any atom is -0.358 e. The second-order valence-electron chi connectivity index (χ2n) is 14.7. The van der Waals surface area contributed by atoms with Gasteiger partial charge in [-0.25, -0.2) is 0 Å². The molecule has 2 aliphatic rings. The highest BCUT2D eigenvalue weighted by Crippen LogP contribution is 2.48. The van der Waals surface area contributed by atoms with Crippen LogP contribution in [0.25, 0.3) is 21.8 Å². The largest absolute Gasteiger partial charge is 0.390 e. The summed E-state index contributed by atoms with van der Waals surface area (Å²) in [7, 11) is 0. The van der Waals surface area contributed by atoms with Gasteiger partial charge in [0.25, 0.3) is 0 Å². The summed E-state index contributed by atoms with van der Waals surface area (Å²) in [6.07, 6.45) is -1.17. The average Bonchev–Trinajstić information content (AvgIpc) is 3.93. The van der Waals surface area contributed by atoms with Crippen LogP contribution in [0.3, 0.4) is 0 Å². The summed E-state index contributed by atoms with van der Waals surface area (Å²) >= 11 is 2.84. The lowest BCUT2D eigenvalue weighted by atomic mass is 9.87. The van der Waals surface area contributed by atoms with Crippen LogP contribution in [0.4, 0.5) is 26.3 Å². The van der Waals surface area contributed by atoms with Gasteiger partial charge in [-0.15, -0.1) is 22.7 Å². The van der Waals surface area contributed by atoms with Gasteiger partial charge in [0.15, 0.2) is 0 Å². The number of aryl methyl sites for hydroxylation is 2. The smallest absolute Gasteiger partial charge is 0.358 e. The number of thiophene rings is 2. The lowest BCUT2D eigenvalue weighted by Crippen LogP contribution is -2.15. The highest BCUT2D eigenvalue weighted by molar-refractivity contribution is 7.10. The zero-order valence-electron chi connectivity index (χ0n) is 29.4. The highest BCUT2D eigenvalue weighted by atomic mass is 32.1. The lowest BCUT2D eigenvalue weighted by molar-refractivity contribution is -0.137. The van der Waals surface area contributed by atoms with Crippen molar-refractivity contribution in [2.45, 2.75) is 114 Å². The van der Waals surface area contributed by atoms with E-state index in [4.69, 9.17) is 0 Å². The van der Waals surface area contributed by atoms with Crippen LogP contribution >= 0.6 is 22.7 Å². The fraction of sp³-hybridized carbons (Fsp3) is 0.429. The molecule has 0 amide bonds. The molecule has 2 aliphatic carbocycles. The van der Waals surface area contributed by atoms with Crippen LogP contribution in [-0.4, -0.2) is 22.3 Å². The van der Waals surface area contributed by atoms with Crippen molar-refractivity contribution >= 4 is 44.5 Å². The van der Waals surface area contributed by atoms with Crippen molar-refractivity contribution in [1.82, 2.24) is 9.97 Å². The van der Waals surface area contributed by atoms with Gasteiger partial charge in [-0.05, 0) is 109 Å². The number of hydrogen-bond donors (Lipinski definition) is 2. The quantitative estimate of drug-likeness (QED) is 0.145. The van der Waals surface area contributed by atoms with Crippen molar-refractivity contribution in [3.63, 3.8) is 0 Å². The number of fused-ring (bicyclic) bond motifs is 2. The maximum Gasteiger partial charge on any atom is 0.390 e. The third-order valence-electron chi connectivity index (χ3n) is 10.9. The van der Waals surface area contributed by atoms with Crippen LogP contribution in [0.2, 0.25) is 0 Å². The molecular formula is C42H44F6N2S2. The Morgan fingerprint density at radius 2 is 0.981 bits per heavy atom. The monoisotopic (exact) mass is 754 g/mol. The van der Waals surface area contributed by atoms with E-state index < -0.39 is 37.0 Å². The molecule has 4 aromatic heterocycles. The first-order chi connectivity index (χ1) is 24.8. The van der Waals surface area contributed by atoms with Gasteiger partial charge in [0.1, 0.15) is 0 Å². The number of H-pyrrole nitrogens is 2. The van der Waals surface area contributed by atoms with Crippen LogP contribution < -0.4 is 0 Å². The predicted octanol–water partition coefficient (Wildman–Crippen LogP) is 14.6. The molecule has 10 heteroatoms. The molecule has 0 bridgehead atoms. The highest BCUT2D eigenvalue weighted by Gasteiger charge is 2.39. The van der Waals surface area contributed by atoms with Crippen molar-refractivity contribution in [2.24, 2.45) is 0 Å². The Balaban J connectivity index is 0.000000162. The van der Waals surface area contributed by atoms with Crippen LogP contribution in [0.15, 0.2) is 71.4 Å². The first-order valence-corrected chi connectivity index (χ1v) is 20.0. The van der Waals surface area contributed by atoms with E-state index in [0.29, 0.717) is 11.8 Å². The van der Waals surface area contributed by atoms with Crippen LogP contribution in [-0.2, 0) is 0 Å². The second-order valence-corrected chi connectivity index (χ2v) is 16.7. The number of halogens is 6. The summed E-state index contributed by atoms with van der Waals surface area (Å²) in [5.41, 5.74) is 7.96. The molecule has 2 saturated carbocycles. The third-order valence-corrected chi connectivity index (χ3v) is 12.9. The van der Waals surface area contributed by atoms with E-state index in [1.807, 2.05) is 73.1 Å². The predicted molar refractivity (Wildman–Crippen MR) is 202 cm³/mol. The van der Waals surface area contributed by atoms with Crippen molar-refractivity contribution in [3.05, 3.63) is 115 Å². The minimum absolute atomic E-state index is 0.341. The van der Waals surface area contributed by atoms with Crippen LogP contribution in [0.5, 0.6) is 0 Å². The maximum atomic E-state index is 13.5. The summed E-state index contributed by atoms with van der Waals surface area (Å²) in [5.74, 6) is -0.592. The van der Waals surface area contributed by atoms with E-state index >= 15 is 0 Å². The second kappa shape index (κ2) is 15.1. The van der Waals surface area contributed by atoms with E-state index in [2.05, 4.69) is 22.1 Å². The molecular weight excluding hydrogens is 711 g/mol. The average molecular weight is 755 g/mol. The van der Waals surface area contributed by atoms with Crippen molar-refractivity contribution in [2.75, 3.05) is 0 Å². The van der Waals surface area contributed by atoms with E-state index in [1.54, 1.807) is 0 Å². The van der Waals surface area contributed by atoms with Crippen LogP contribution in [0, 0.1) is 13.8 Å². The number of rotatable bonds is 8. The summed E-state index contributed by atoms with van der Waals surface area (Å²) in [5, 5.41) is 5.63. The van der Waals surface area contributed by atoms with Gasteiger partial charge in [0.2, 0.25) is 0 Å². The van der Waals surface area contributed by atoms with Crippen molar-refractivity contribution < 1.29 is 26.3 Å². The fourth-order valence-electron chi connectivity index (χ4n) is 8.66.